The molecule has 0 amide bonds. The van der Waals surface area contributed by atoms with Crippen molar-refractivity contribution in [3.63, 3.8) is 0 Å². The Kier molecular flexibility index (Phi) is 6.85. The summed E-state index contributed by atoms with van der Waals surface area (Å²) in [4.78, 5) is 0. The predicted molar refractivity (Wildman–Crippen MR) is 120 cm³/mol. The molecule has 140 valence electrons. The molecule has 0 unspecified atom stereocenters. The van der Waals surface area contributed by atoms with Crippen molar-refractivity contribution in [3.8, 4) is 11.5 Å². The van der Waals surface area contributed by atoms with E-state index in [2.05, 4.69) is 65.2 Å². The molecule has 0 aliphatic heterocycles. The summed E-state index contributed by atoms with van der Waals surface area (Å²) in [5, 5.41) is 4.12. The summed E-state index contributed by atoms with van der Waals surface area (Å²) in [6, 6.07) is 20.1. The number of nitrogens with one attached hydrogen (secondary N) is 1. The van der Waals surface area contributed by atoms with Crippen LogP contribution in [0.1, 0.15) is 16.7 Å². The van der Waals surface area contributed by atoms with Gasteiger partial charge in [0.1, 0.15) is 6.61 Å². The maximum atomic E-state index is 6.05. The summed E-state index contributed by atoms with van der Waals surface area (Å²) in [7, 11) is 1.67. The van der Waals surface area contributed by atoms with E-state index in [1.807, 2.05) is 30.3 Å². The Bertz CT molecular complexity index is 895. The Morgan fingerprint density at radius 2 is 1.67 bits per heavy atom. The maximum absolute atomic E-state index is 6.05. The number of hydrogen-bond acceptors (Lipinski definition) is 3. The first-order valence-corrected chi connectivity index (χ1v) is 10.0. The van der Waals surface area contributed by atoms with Gasteiger partial charge in [0.15, 0.2) is 11.5 Å². The summed E-state index contributed by atoms with van der Waals surface area (Å²) in [6.07, 6.45) is 0. The van der Waals surface area contributed by atoms with E-state index >= 15 is 0 Å². The Labute approximate surface area is 178 Å². The summed E-state index contributed by atoms with van der Waals surface area (Å²) < 4.78 is 12.6. The Morgan fingerprint density at radius 3 is 2.33 bits per heavy atom. The topological polar surface area (TPSA) is 30.5 Å². The van der Waals surface area contributed by atoms with E-state index in [-0.39, 0.29) is 0 Å². The second-order valence-corrected chi connectivity index (χ2v) is 7.84. The molecule has 0 fully saturated rings. The van der Waals surface area contributed by atoms with E-state index in [0.717, 1.165) is 36.9 Å². The van der Waals surface area contributed by atoms with Crippen LogP contribution in [0.5, 0.6) is 11.5 Å². The number of ether oxygens (including phenoxy) is 2. The molecule has 0 saturated carbocycles. The van der Waals surface area contributed by atoms with E-state index in [4.69, 9.17) is 21.1 Å². The number of rotatable bonds is 7. The number of aryl methyl sites for hydroxylation is 1. The quantitative estimate of drug-likeness (QED) is 0.384. The number of benzene rings is 3. The maximum Gasteiger partial charge on any atom is 0.174 e. The Balaban J connectivity index is 1.70. The van der Waals surface area contributed by atoms with Gasteiger partial charge in [-0.2, -0.15) is 0 Å². The average molecular weight is 494 g/mol. The van der Waals surface area contributed by atoms with Gasteiger partial charge in [-0.1, -0.05) is 41.4 Å². The van der Waals surface area contributed by atoms with Crippen molar-refractivity contribution >= 4 is 39.9 Å². The van der Waals surface area contributed by atoms with Gasteiger partial charge in [0.05, 0.1) is 10.7 Å². The fraction of sp³-hybridized carbons (Fsp3) is 0.182. The SMILES string of the molecule is COc1cc(CNc2ccc(Cl)cc2)cc(I)c1OCc1ccc(C)cc1. The van der Waals surface area contributed by atoms with E-state index in [1.54, 1.807) is 7.11 Å². The van der Waals surface area contributed by atoms with Crippen molar-refractivity contribution in [3.05, 3.63) is 85.9 Å². The van der Waals surface area contributed by atoms with Crippen LogP contribution in [-0.2, 0) is 13.2 Å². The highest BCUT2D eigenvalue weighted by Gasteiger charge is 2.12. The standard InChI is InChI=1S/C22H21ClINO2/c1-15-3-5-16(6-4-15)14-27-22-20(24)11-17(12-21(22)26-2)13-25-19-9-7-18(23)8-10-19/h3-12,25H,13-14H2,1-2H3. The smallest absolute Gasteiger partial charge is 0.174 e. The van der Waals surface area contributed by atoms with Crippen LogP contribution in [0.2, 0.25) is 5.02 Å². The molecule has 1 N–H and O–H groups in total. The molecule has 3 rings (SSSR count). The molecule has 27 heavy (non-hydrogen) atoms. The lowest BCUT2D eigenvalue weighted by molar-refractivity contribution is 0.282. The van der Waals surface area contributed by atoms with Crippen LogP contribution >= 0.6 is 34.2 Å². The fourth-order valence-corrected chi connectivity index (χ4v) is 3.57. The minimum absolute atomic E-state index is 0.509. The van der Waals surface area contributed by atoms with E-state index in [9.17, 15) is 0 Å². The lowest BCUT2D eigenvalue weighted by Crippen LogP contribution is -2.03. The van der Waals surface area contributed by atoms with Crippen molar-refractivity contribution in [1.82, 2.24) is 0 Å². The van der Waals surface area contributed by atoms with Gasteiger partial charge in [0.25, 0.3) is 0 Å². The molecule has 0 aliphatic carbocycles. The number of hydrogen-bond donors (Lipinski definition) is 1. The van der Waals surface area contributed by atoms with Gasteiger partial charge in [0, 0.05) is 17.3 Å². The van der Waals surface area contributed by atoms with Gasteiger partial charge in [-0.25, -0.2) is 0 Å². The largest absolute Gasteiger partial charge is 0.493 e. The summed E-state index contributed by atoms with van der Waals surface area (Å²) in [6.45, 7) is 3.27. The monoisotopic (exact) mass is 493 g/mol. The van der Waals surface area contributed by atoms with Crippen LogP contribution in [0.4, 0.5) is 5.69 Å². The Hall–Kier alpha value is -1.92. The third-order valence-electron chi connectivity index (χ3n) is 4.13. The van der Waals surface area contributed by atoms with Crippen LogP contribution < -0.4 is 14.8 Å². The minimum atomic E-state index is 0.509. The fourth-order valence-electron chi connectivity index (χ4n) is 2.63. The molecular formula is C22H21ClINO2. The highest BCUT2D eigenvalue weighted by molar-refractivity contribution is 14.1. The van der Waals surface area contributed by atoms with Gasteiger partial charge in [-0.3, -0.25) is 0 Å². The number of halogens is 2. The van der Waals surface area contributed by atoms with Gasteiger partial charge >= 0.3 is 0 Å². The van der Waals surface area contributed by atoms with Gasteiger partial charge in [-0.05, 0) is 77.0 Å². The van der Waals surface area contributed by atoms with Gasteiger partial charge < -0.3 is 14.8 Å². The second-order valence-electron chi connectivity index (χ2n) is 6.24. The van der Waals surface area contributed by atoms with Crippen LogP contribution in [0, 0.1) is 10.5 Å². The molecule has 0 radical (unpaired) electrons. The minimum Gasteiger partial charge on any atom is -0.493 e. The summed E-state index contributed by atoms with van der Waals surface area (Å²) in [5.41, 5.74) is 4.51. The molecule has 0 bridgehead atoms. The molecular weight excluding hydrogens is 473 g/mol. The van der Waals surface area contributed by atoms with Crippen LogP contribution in [0.15, 0.2) is 60.7 Å². The van der Waals surface area contributed by atoms with Crippen LogP contribution in [0.25, 0.3) is 0 Å². The van der Waals surface area contributed by atoms with Crippen molar-refractivity contribution in [2.75, 3.05) is 12.4 Å². The summed E-state index contributed by atoms with van der Waals surface area (Å²) >= 11 is 8.22. The van der Waals surface area contributed by atoms with Crippen molar-refractivity contribution in [2.45, 2.75) is 20.1 Å². The normalized spacial score (nSPS) is 10.5. The average Bonchev–Trinajstić information content (AvgIpc) is 2.67. The lowest BCUT2D eigenvalue weighted by atomic mass is 10.1. The number of methoxy groups -OCH3 is 1. The van der Waals surface area contributed by atoms with Gasteiger partial charge in [-0.15, -0.1) is 0 Å². The summed E-state index contributed by atoms with van der Waals surface area (Å²) in [5.74, 6) is 1.51. The first-order valence-electron chi connectivity index (χ1n) is 8.59. The zero-order chi connectivity index (χ0) is 19.2. The van der Waals surface area contributed by atoms with E-state index in [1.165, 1.54) is 5.56 Å². The molecule has 3 aromatic carbocycles. The molecule has 0 aliphatic rings. The molecule has 0 saturated heterocycles. The zero-order valence-electron chi connectivity index (χ0n) is 15.3. The third kappa shape index (κ3) is 5.53. The highest BCUT2D eigenvalue weighted by atomic mass is 127. The molecule has 0 aromatic heterocycles. The third-order valence-corrected chi connectivity index (χ3v) is 5.19. The van der Waals surface area contributed by atoms with E-state index < -0.39 is 0 Å². The molecule has 0 heterocycles. The molecule has 3 aromatic rings. The lowest BCUT2D eigenvalue weighted by Gasteiger charge is -2.15. The first-order chi connectivity index (χ1) is 13.0. The van der Waals surface area contributed by atoms with Crippen molar-refractivity contribution < 1.29 is 9.47 Å². The van der Waals surface area contributed by atoms with Crippen LogP contribution in [0.3, 0.4) is 0 Å². The second kappa shape index (κ2) is 9.33. The Morgan fingerprint density at radius 1 is 0.963 bits per heavy atom. The molecule has 3 nitrogen and oxygen atoms in total. The highest BCUT2D eigenvalue weighted by Crippen LogP contribution is 2.34. The van der Waals surface area contributed by atoms with E-state index in [0.29, 0.717) is 13.2 Å². The molecule has 0 atom stereocenters. The van der Waals surface area contributed by atoms with Crippen molar-refractivity contribution in [2.24, 2.45) is 0 Å². The number of anilines is 1. The van der Waals surface area contributed by atoms with Gasteiger partial charge in [0.2, 0.25) is 0 Å². The molecule has 0 spiro atoms. The predicted octanol–water partition coefficient (Wildman–Crippen LogP) is 6.45. The first kappa shape index (κ1) is 19.8. The van der Waals surface area contributed by atoms with Crippen LogP contribution in [-0.4, -0.2) is 7.11 Å². The molecule has 5 heteroatoms. The van der Waals surface area contributed by atoms with Crippen molar-refractivity contribution in [1.29, 1.82) is 0 Å². The zero-order valence-corrected chi connectivity index (χ0v) is 18.2.